The first-order chi connectivity index (χ1) is 9.17. The molecule has 0 aliphatic rings. The average Bonchev–Trinajstić information content (AvgIpc) is 2.44. The zero-order valence-corrected chi connectivity index (χ0v) is 11.4. The SMILES string of the molecule is CCC(CN)C(=O)Nc1ccc(Cl)c2cccnc12. The van der Waals surface area contributed by atoms with Crippen molar-refractivity contribution in [2.75, 3.05) is 11.9 Å². The Morgan fingerprint density at radius 3 is 2.95 bits per heavy atom. The molecule has 19 heavy (non-hydrogen) atoms. The molecule has 2 aromatic rings. The molecule has 0 bridgehead atoms. The van der Waals surface area contributed by atoms with E-state index in [9.17, 15) is 4.79 Å². The normalized spacial score (nSPS) is 12.4. The zero-order chi connectivity index (χ0) is 13.8. The summed E-state index contributed by atoms with van der Waals surface area (Å²) in [6.07, 6.45) is 2.38. The van der Waals surface area contributed by atoms with Crippen LogP contribution in [0.4, 0.5) is 5.69 Å². The average molecular weight is 278 g/mol. The summed E-state index contributed by atoms with van der Waals surface area (Å²) in [6, 6.07) is 7.21. The minimum Gasteiger partial charge on any atom is -0.330 e. The number of aromatic nitrogens is 1. The van der Waals surface area contributed by atoms with Gasteiger partial charge in [0.05, 0.1) is 22.1 Å². The molecule has 0 spiro atoms. The van der Waals surface area contributed by atoms with E-state index in [4.69, 9.17) is 17.3 Å². The summed E-state index contributed by atoms with van der Waals surface area (Å²) in [5.74, 6) is -0.270. The van der Waals surface area contributed by atoms with Gasteiger partial charge in [-0.25, -0.2) is 0 Å². The molecule has 0 aliphatic carbocycles. The number of nitrogens with one attached hydrogen (secondary N) is 1. The van der Waals surface area contributed by atoms with Crippen LogP contribution in [-0.2, 0) is 4.79 Å². The monoisotopic (exact) mass is 277 g/mol. The van der Waals surface area contributed by atoms with Gasteiger partial charge in [0, 0.05) is 18.1 Å². The van der Waals surface area contributed by atoms with Crippen molar-refractivity contribution in [2.24, 2.45) is 11.7 Å². The Kier molecular flexibility index (Phi) is 4.35. The van der Waals surface area contributed by atoms with Crippen molar-refractivity contribution in [3.8, 4) is 0 Å². The molecular formula is C14H16ClN3O. The predicted molar refractivity (Wildman–Crippen MR) is 78.2 cm³/mol. The molecule has 4 nitrogen and oxygen atoms in total. The number of benzene rings is 1. The fourth-order valence-corrected chi connectivity index (χ4v) is 2.15. The van der Waals surface area contributed by atoms with Crippen LogP contribution in [0, 0.1) is 5.92 Å². The molecule has 0 aliphatic heterocycles. The molecule has 0 saturated heterocycles. The molecule has 1 unspecified atom stereocenters. The molecular weight excluding hydrogens is 262 g/mol. The fourth-order valence-electron chi connectivity index (χ4n) is 1.93. The van der Waals surface area contributed by atoms with E-state index in [1.54, 1.807) is 18.3 Å². The Labute approximate surface area is 117 Å². The lowest BCUT2D eigenvalue weighted by molar-refractivity contribution is -0.119. The van der Waals surface area contributed by atoms with Gasteiger partial charge in [-0.3, -0.25) is 9.78 Å². The number of rotatable bonds is 4. The fraction of sp³-hybridized carbons (Fsp3) is 0.286. The van der Waals surface area contributed by atoms with Gasteiger partial charge in [-0.05, 0) is 30.7 Å². The van der Waals surface area contributed by atoms with Crippen LogP contribution in [-0.4, -0.2) is 17.4 Å². The maximum atomic E-state index is 12.1. The van der Waals surface area contributed by atoms with Crippen LogP contribution < -0.4 is 11.1 Å². The van der Waals surface area contributed by atoms with Crippen molar-refractivity contribution in [2.45, 2.75) is 13.3 Å². The van der Waals surface area contributed by atoms with Gasteiger partial charge in [0.1, 0.15) is 0 Å². The van der Waals surface area contributed by atoms with Gasteiger partial charge in [-0.15, -0.1) is 0 Å². The van der Waals surface area contributed by atoms with Gasteiger partial charge in [-0.2, -0.15) is 0 Å². The summed E-state index contributed by atoms with van der Waals surface area (Å²) >= 11 is 6.11. The number of nitrogens with two attached hydrogens (primary N) is 1. The number of hydrogen-bond donors (Lipinski definition) is 2. The van der Waals surface area contributed by atoms with Gasteiger partial charge < -0.3 is 11.1 Å². The Balaban J connectivity index is 2.36. The van der Waals surface area contributed by atoms with Crippen LogP contribution in [0.25, 0.3) is 10.9 Å². The summed E-state index contributed by atoms with van der Waals surface area (Å²) in [5, 5.41) is 4.31. The molecule has 1 heterocycles. The zero-order valence-electron chi connectivity index (χ0n) is 10.7. The molecule has 1 aromatic heterocycles. The summed E-state index contributed by atoms with van der Waals surface area (Å²) in [4.78, 5) is 16.3. The number of pyridine rings is 1. The van der Waals surface area contributed by atoms with Crippen molar-refractivity contribution >= 4 is 34.1 Å². The number of amides is 1. The van der Waals surface area contributed by atoms with Crippen LogP contribution in [0.3, 0.4) is 0 Å². The summed E-state index contributed by atoms with van der Waals surface area (Å²) < 4.78 is 0. The van der Waals surface area contributed by atoms with Crippen molar-refractivity contribution < 1.29 is 4.79 Å². The molecule has 100 valence electrons. The third-order valence-electron chi connectivity index (χ3n) is 3.12. The van der Waals surface area contributed by atoms with E-state index >= 15 is 0 Å². The maximum absolute atomic E-state index is 12.1. The Morgan fingerprint density at radius 1 is 1.47 bits per heavy atom. The maximum Gasteiger partial charge on any atom is 0.228 e. The van der Waals surface area contributed by atoms with E-state index in [2.05, 4.69) is 10.3 Å². The minimum absolute atomic E-state index is 0.0840. The predicted octanol–water partition coefficient (Wildman–Crippen LogP) is 2.81. The van der Waals surface area contributed by atoms with Crippen molar-refractivity contribution in [1.29, 1.82) is 0 Å². The highest BCUT2D eigenvalue weighted by Crippen LogP contribution is 2.28. The lowest BCUT2D eigenvalue weighted by Gasteiger charge is -2.14. The van der Waals surface area contributed by atoms with Gasteiger partial charge in [0.15, 0.2) is 0 Å². The highest BCUT2D eigenvalue weighted by Gasteiger charge is 2.16. The van der Waals surface area contributed by atoms with Crippen molar-refractivity contribution in [1.82, 2.24) is 4.98 Å². The highest BCUT2D eigenvalue weighted by atomic mass is 35.5. The van der Waals surface area contributed by atoms with Crippen LogP contribution in [0.5, 0.6) is 0 Å². The van der Waals surface area contributed by atoms with Gasteiger partial charge in [0.25, 0.3) is 0 Å². The first kappa shape index (κ1) is 13.8. The second-order valence-electron chi connectivity index (χ2n) is 4.32. The number of anilines is 1. The summed E-state index contributed by atoms with van der Waals surface area (Å²) in [6.45, 7) is 2.27. The van der Waals surface area contributed by atoms with Crippen LogP contribution >= 0.6 is 11.6 Å². The van der Waals surface area contributed by atoms with E-state index < -0.39 is 0 Å². The van der Waals surface area contributed by atoms with Crippen LogP contribution in [0.2, 0.25) is 5.02 Å². The number of carbonyl (C=O) groups excluding carboxylic acids is 1. The molecule has 2 rings (SSSR count). The summed E-state index contributed by atoms with van der Waals surface area (Å²) in [7, 11) is 0. The molecule has 1 atom stereocenters. The highest BCUT2D eigenvalue weighted by molar-refractivity contribution is 6.35. The van der Waals surface area contributed by atoms with Crippen molar-refractivity contribution in [3.05, 3.63) is 35.5 Å². The van der Waals surface area contributed by atoms with Gasteiger partial charge in [-0.1, -0.05) is 18.5 Å². The number of fused-ring (bicyclic) bond motifs is 1. The molecule has 0 fully saturated rings. The van der Waals surface area contributed by atoms with Gasteiger partial charge in [0.2, 0.25) is 5.91 Å². The van der Waals surface area contributed by atoms with E-state index in [1.807, 2.05) is 19.1 Å². The molecule has 0 radical (unpaired) electrons. The molecule has 3 N–H and O–H groups in total. The topological polar surface area (TPSA) is 68.0 Å². The van der Waals surface area contributed by atoms with Crippen LogP contribution in [0.1, 0.15) is 13.3 Å². The van der Waals surface area contributed by atoms with Crippen LogP contribution in [0.15, 0.2) is 30.5 Å². The molecule has 0 saturated carbocycles. The second kappa shape index (κ2) is 5.99. The Morgan fingerprint density at radius 2 is 2.26 bits per heavy atom. The molecule has 5 heteroatoms. The summed E-state index contributed by atoms with van der Waals surface area (Å²) in [5.41, 5.74) is 6.93. The third-order valence-corrected chi connectivity index (χ3v) is 3.45. The minimum atomic E-state index is -0.186. The molecule has 1 aromatic carbocycles. The van der Waals surface area contributed by atoms with E-state index in [0.29, 0.717) is 29.2 Å². The van der Waals surface area contributed by atoms with E-state index in [-0.39, 0.29) is 11.8 Å². The first-order valence-corrected chi connectivity index (χ1v) is 6.59. The number of hydrogen-bond acceptors (Lipinski definition) is 3. The van der Waals surface area contributed by atoms with Gasteiger partial charge >= 0.3 is 0 Å². The lowest BCUT2D eigenvalue weighted by Crippen LogP contribution is -2.28. The smallest absolute Gasteiger partial charge is 0.228 e. The van der Waals surface area contributed by atoms with E-state index in [0.717, 1.165) is 5.39 Å². The molecule has 1 amide bonds. The Bertz CT molecular complexity index is 596. The number of carbonyl (C=O) groups is 1. The number of nitrogens with zero attached hydrogens (tertiary/aromatic N) is 1. The Hall–Kier alpha value is -1.65. The quantitative estimate of drug-likeness (QED) is 0.903. The van der Waals surface area contributed by atoms with E-state index in [1.165, 1.54) is 0 Å². The number of halogens is 1. The standard InChI is InChI=1S/C14H16ClN3O/c1-2-9(8-16)14(19)18-12-6-5-11(15)10-4-3-7-17-13(10)12/h3-7,9H,2,8,16H2,1H3,(H,18,19). The second-order valence-corrected chi connectivity index (χ2v) is 4.73. The largest absolute Gasteiger partial charge is 0.330 e. The van der Waals surface area contributed by atoms with Crippen molar-refractivity contribution in [3.63, 3.8) is 0 Å². The third kappa shape index (κ3) is 2.85. The first-order valence-electron chi connectivity index (χ1n) is 6.21. The lowest BCUT2D eigenvalue weighted by atomic mass is 10.1.